The first kappa shape index (κ1) is 25.4. The Balaban J connectivity index is 1.28. The molecule has 0 radical (unpaired) electrons. The van der Waals surface area contributed by atoms with Crippen LogP contribution in [0.25, 0.3) is 104 Å². The van der Waals surface area contributed by atoms with Gasteiger partial charge in [-0.2, -0.15) is 0 Å². The number of nitrogens with zero attached hydrogens (tertiary/aromatic N) is 4. The molecule has 0 amide bonds. The van der Waals surface area contributed by atoms with Gasteiger partial charge in [0, 0.05) is 66.0 Å². The van der Waals surface area contributed by atoms with Crippen molar-refractivity contribution in [3.05, 3.63) is 158 Å². The summed E-state index contributed by atoms with van der Waals surface area (Å²) in [6, 6.07) is 53.4. The molecule has 0 fully saturated rings. The number of aromatic nitrogens is 4. The van der Waals surface area contributed by atoms with Crippen LogP contribution < -0.4 is 0 Å². The molecule has 0 saturated carbocycles. The fourth-order valence-electron chi connectivity index (χ4n) is 8.89. The fourth-order valence-corrected chi connectivity index (χ4v) is 8.89. The van der Waals surface area contributed by atoms with Crippen LogP contribution in [-0.2, 0) is 0 Å². The highest BCUT2D eigenvalue weighted by atomic mass is 15.0. The Morgan fingerprint density at radius 1 is 0.367 bits per heavy atom. The maximum atomic E-state index is 4.54. The summed E-state index contributed by atoms with van der Waals surface area (Å²) in [5.41, 5.74) is 10.8. The summed E-state index contributed by atoms with van der Waals surface area (Å²) < 4.78 is 7.38. The second-order valence-electron chi connectivity index (χ2n) is 13.2. The second-order valence-corrected chi connectivity index (χ2v) is 13.2. The third kappa shape index (κ3) is 3.12. The van der Waals surface area contributed by atoms with Crippen molar-refractivity contribution < 1.29 is 0 Å². The third-order valence-corrected chi connectivity index (χ3v) is 10.8. The lowest BCUT2D eigenvalue weighted by Crippen LogP contribution is -1.99. The van der Waals surface area contributed by atoms with E-state index in [0.29, 0.717) is 0 Å². The molecule has 7 aromatic carbocycles. The Morgan fingerprint density at radius 3 is 1.80 bits per heavy atom. The molecule has 12 rings (SSSR count). The molecule has 0 N–H and O–H groups in total. The summed E-state index contributed by atoms with van der Waals surface area (Å²) >= 11 is 0. The van der Waals surface area contributed by atoms with Gasteiger partial charge in [-0.1, -0.05) is 97.1 Å². The van der Waals surface area contributed by atoms with Crippen LogP contribution in [0.1, 0.15) is 0 Å². The minimum atomic E-state index is 1.11. The number of pyridine rings is 1. The van der Waals surface area contributed by atoms with Gasteiger partial charge in [0.05, 0.1) is 44.8 Å². The summed E-state index contributed by atoms with van der Waals surface area (Å²) in [6.45, 7) is 0. The van der Waals surface area contributed by atoms with E-state index in [2.05, 4.69) is 164 Å². The Kier molecular flexibility index (Phi) is 4.69. The van der Waals surface area contributed by atoms with E-state index in [1.165, 1.54) is 87.0 Å². The fraction of sp³-hybridized carbons (Fsp3) is 0. The van der Waals surface area contributed by atoms with Crippen molar-refractivity contribution in [2.75, 3.05) is 0 Å². The first-order chi connectivity index (χ1) is 24.3. The Labute approximate surface area is 279 Å². The monoisotopic (exact) mass is 622 g/mol. The van der Waals surface area contributed by atoms with Gasteiger partial charge in [-0.25, -0.2) is 0 Å². The molecule has 5 aromatic heterocycles. The first-order valence-electron chi connectivity index (χ1n) is 16.8. The zero-order valence-corrected chi connectivity index (χ0v) is 26.3. The highest BCUT2D eigenvalue weighted by Gasteiger charge is 2.25. The van der Waals surface area contributed by atoms with Gasteiger partial charge in [0.15, 0.2) is 0 Å². The van der Waals surface area contributed by atoms with Gasteiger partial charge in [-0.05, 0) is 53.9 Å². The van der Waals surface area contributed by atoms with E-state index < -0.39 is 0 Å². The van der Waals surface area contributed by atoms with E-state index in [9.17, 15) is 0 Å². The van der Waals surface area contributed by atoms with Crippen LogP contribution in [-0.4, -0.2) is 18.5 Å². The molecule has 0 saturated heterocycles. The van der Waals surface area contributed by atoms with Crippen molar-refractivity contribution in [1.29, 1.82) is 0 Å². The van der Waals surface area contributed by atoms with E-state index in [0.717, 1.165) is 16.9 Å². The molecule has 4 heteroatoms. The standard InChI is InChI=1S/C45H26N4/c1-2-13-30-27(10-1)20-21-35-42-44-36(25-37-33-16-5-8-19-40(33)49(43(30)35)45(37)42)32-15-4-7-18-39(32)48(44)29-12-9-11-28(24-29)47-38-17-6-3-14-31(38)34-22-23-46-26-41(34)47/h1-26H. The zero-order chi connectivity index (χ0) is 31.8. The maximum absolute atomic E-state index is 4.54. The predicted molar refractivity (Wildman–Crippen MR) is 205 cm³/mol. The van der Waals surface area contributed by atoms with Crippen molar-refractivity contribution in [1.82, 2.24) is 18.5 Å². The summed E-state index contributed by atoms with van der Waals surface area (Å²) in [5, 5.41) is 12.7. The molecule has 12 aromatic rings. The first-order valence-corrected chi connectivity index (χ1v) is 16.8. The van der Waals surface area contributed by atoms with Gasteiger partial charge in [-0.3, -0.25) is 4.98 Å². The largest absolute Gasteiger partial charge is 0.308 e. The van der Waals surface area contributed by atoms with Crippen molar-refractivity contribution in [3.63, 3.8) is 0 Å². The average Bonchev–Trinajstić information content (AvgIpc) is 3.89. The Hall–Kier alpha value is -6.65. The van der Waals surface area contributed by atoms with Crippen LogP contribution in [0.5, 0.6) is 0 Å². The van der Waals surface area contributed by atoms with Gasteiger partial charge < -0.3 is 13.5 Å². The van der Waals surface area contributed by atoms with Crippen molar-refractivity contribution in [3.8, 4) is 11.4 Å². The van der Waals surface area contributed by atoms with Crippen LogP contribution in [0.15, 0.2) is 158 Å². The minimum absolute atomic E-state index is 1.11. The predicted octanol–water partition coefficient (Wildman–Crippen LogP) is 11.6. The van der Waals surface area contributed by atoms with E-state index in [1.54, 1.807) is 0 Å². The smallest absolute Gasteiger partial charge is 0.0724 e. The number of para-hydroxylation sites is 3. The minimum Gasteiger partial charge on any atom is -0.308 e. The van der Waals surface area contributed by atoms with Crippen molar-refractivity contribution in [2.45, 2.75) is 0 Å². The van der Waals surface area contributed by atoms with Gasteiger partial charge in [0.1, 0.15) is 0 Å². The van der Waals surface area contributed by atoms with Gasteiger partial charge in [0.2, 0.25) is 0 Å². The lowest BCUT2D eigenvalue weighted by atomic mass is 10.0. The average molecular weight is 623 g/mol. The van der Waals surface area contributed by atoms with Crippen LogP contribution in [0.2, 0.25) is 0 Å². The topological polar surface area (TPSA) is 27.2 Å². The van der Waals surface area contributed by atoms with Crippen molar-refractivity contribution >= 4 is 92.5 Å². The quantitative estimate of drug-likeness (QED) is 0.188. The van der Waals surface area contributed by atoms with E-state index >= 15 is 0 Å². The molecule has 0 aliphatic rings. The highest BCUT2D eigenvalue weighted by Crippen LogP contribution is 2.47. The zero-order valence-electron chi connectivity index (χ0n) is 26.3. The van der Waals surface area contributed by atoms with E-state index in [-0.39, 0.29) is 0 Å². The molecule has 0 aliphatic carbocycles. The lowest BCUT2D eigenvalue weighted by molar-refractivity contribution is 1.13. The number of benzene rings is 7. The number of rotatable bonds is 2. The van der Waals surface area contributed by atoms with E-state index in [4.69, 9.17) is 0 Å². The molecule has 0 aliphatic heterocycles. The van der Waals surface area contributed by atoms with Crippen LogP contribution in [0.4, 0.5) is 0 Å². The highest BCUT2D eigenvalue weighted by molar-refractivity contribution is 6.36. The molecular formula is C45H26N4. The number of fused-ring (bicyclic) bond motifs is 15. The summed E-state index contributed by atoms with van der Waals surface area (Å²) in [7, 11) is 0. The summed E-state index contributed by atoms with van der Waals surface area (Å²) in [6.07, 6.45) is 3.87. The molecule has 0 spiro atoms. The Morgan fingerprint density at radius 2 is 0.980 bits per heavy atom. The molecule has 0 bridgehead atoms. The third-order valence-electron chi connectivity index (χ3n) is 10.8. The number of hydrogen-bond donors (Lipinski definition) is 0. The molecule has 4 nitrogen and oxygen atoms in total. The molecule has 0 unspecified atom stereocenters. The SMILES string of the molecule is c1cc(-n2c3ccccc3c3ccncc32)cc(-n2c3ccccc3c3cc4c5ccccc5n5c6c7ccccc7ccc6c(c32)c45)c1. The van der Waals surface area contributed by atoms with Crippen LogP contribution in [0, 0.1) is 0 Å². The van der Waals surface area contributed by atoms with Gasteiger partial charge in [0.25, 0.3) is 0 Å². The lowest BCUT2D eigenvalue weighted by Gasteiger charge is -2.13. The molecule has 226 valence electrons. The van der Waals surface area contributed by atoms with Gasteiger partial charge in [-0.15, -0.1) is 0 Å². The molecule has 5 heterocycles. The molecule has 49 heavy (non-hydrogen) atoms. The second kappa shape index (κ2) is 9.03. The summed E-state index contributed by atoms with van der Waals surface area (Å²) in [5.74, 6) is 0. The normalized spacial score (nSPS) is 12.5. The molecular weight excluding hydrogens is 597 g/mol. The van der Waals surface area contributed by atoms with Gasteiger partial charge >= 0.3 is 0 Å². The Bertz CT molecular complexity index is 3280. The maximum Gasteiger partial charge on any atom is 0.0724 e. The van der Waals surface area contributed by atoms with Crippen LogP contribution in [0.3, 0.4) is 0 Å². The summed E-state index contributed by atoms with van der Waals surface area (Å²) in [4.78, 5) is 4.54. The number of hydrogen-bond acceptors (Lipinski definition) is 1. The van der Waals surface area contributed by atoms with E-state index in [1.807, 2.05) is 12.4 Å². The van der Waals surface area contributed by atoms with Crippen molar-refractivity contribution in [2.24, 2.45) is 0 Å². The molecule has 0 atom stereocenters. The van der Waals surface area contributed by atoms with Crippen LogP contribution >= 0.6 is 0 Å².